The van der Waals surface area contributed by atoms with Crippen molar-refractivity contribution >= 4 is 29.3 Å². The highest BCUT2D eigenvalue weighted by atomic mass is 35.5. The molecule has 5 rings (SSSR count). The first-order valence-corrected chi connectivity index (χ1v) is 9.02. The van der Waals surface area contributed by atoms with Gasteiger partial charge in [-0.1, -0.05) is 23.7 Å². The fraction of sp³-hybridized carbons (Fsp3) is 0.211. The van der Waals surface area contributed by atoms with Gasteiger partial charge in [0, 0.05) is 28.6 Å². The predicted molar refractivity (Wildman–Crippen MR) is 100 cm³/mol. The average Bonchev–Trinajstić information content (AvgIpc) is 3.29. The van der Waals surface area contributed by atoms with E-state index >= 15 is 0 Å². The second-order valence-corrected chi connectivity index (χ2v) is 7.19. The van der Waals surface area contributed by atoms with Crippen LogP contribution in [0.25, 0.3) is 0 Å². The van der Waals surface area contributed by atoms with E-state index in [9.17, 15) is 4.79 Å². The summed E-state index contributed by atoms with van der Waals surface area (Å²) in [4.78, 5) is 17.4. The van der Waals surface area contributed by atoms with Gasteiger partial charge in [0.25, 0.3) is 0 Å². The van der Waals surface area contributed by atoms with E-state index in [1.807, 2.05) is 24.3 Å². The lowest BCUT2D eigenvalue weighted by Gasteiger charge is -2.34. The Kier molecular flexibility index (Phi) is 3.58. The quantitative estimate of drug-likeness (QED) is 0.704. The summed E-state index contributed by atoms with van der Waals surface area (Å²) in [5.41, 5.74) is 8.27. The molecule has 7 nitrogen and oxygen atoms in total. The lowest BCUT2D eigenvalue weighted by molar-refractivity contribution is -0.117. The zero-order valence-electron chi connectivity index (χ0n) is 14.2. The van der Waals surface area contributed by atoms with Gasteiger partial charge in [-0.2, -0.15) is 4.98 Å². The van der Waals surface area contributed by atoms with E-state index in [4.69, 9.17) is 21.8 Å². The van der Waals surface area contributed by atoms with Crippen molar-refractivity contribution in [3.63, 3.8) is 0 Å². The van der Waals surface area contributed by atoms with Crippen LogP contribution in [0.3, 0.4) is 0 Å². The number of nitrogens with two attached hydrogens (primary N) is 1. The number of Topliss-reactive ketones (excluding diaryl/α,β-unsaturated/α-hetero) is 1. The molecule has 2 aromatic heterocycles. The highest BCUT2D eigenvalue weighted by Gasteiger charge is 2.40. The number of allylic oxidation sites excluding steroid dienone is 2. The molecule has 8 heteroatoms. The Morgan fingerprint density at radius 3 is 2.78 bits per heavy atom. The van der Waals surface area contributed by atoms with Gasteiger partial charge in [-0.15, -0.1) is 5.10 Å². The molecule has 0 radical (unpaired) electrons. The van der Waals surface area contributed by atoms with E-state index < -0.39 is 0 Å². The van der Waals surface area contributed by atoms with E-state index in [-0.39, 0.29) is 23.7 Å². The largest absolute Gasteiger partial charge is 0.469 e. The van der Waals surface area contributed by atoms with Crippen molar-refractivity contribution in [2.24, 2.45) is 0 Å². The molecule has 3 aromatic rings. The van der Waals surface area contributed by atoms with E-state index in [0.29, 0.717) is 29.4 Å². The number of nitrogen functional groups attached to an aromatic ring is 1. The number of nitrogens with zero attached hydrogens (tertiary/aromatic N) is 3. The van der Waals surface area contributed by atoms with Crippen LogP contribution in [-0.4, -0.2) is 20.5 Å². The molecule has 27 heavy (non-hydrogen) atoms. The van der Waals surface area contributed by atoms with Crippen molar-refractivity contribution in [2.45, 2.75) is 24.8 Å². The number of ketones is 1. The molecule has 3 N–H and O–H groups in total. The normalized spacial score (nSPS) is 21.6. The maximum atomic E-state index is 13.1. The third-order valence-corrected chi connectivity index (χ3v) is 5.32. The smallest absolute Gasteiger partial charge is 0.241 e. The maximum Gasteiger partial charge on any atom is 0.241 e. The Balaban J connectivity index is 1.63. The summed E-state index contributed by atoms with van der Waals surface area (Å²) < 4.78 is 7.20. The first-order valence-electron chi connectivity index (χ1n) is 8.64. The second-order valence-electron chi connectivity index (χ2n) is 6.75. The van der Waals surface area contributed by atoms with Crippen molar-refractivity contribution < 1.29 is 9.21 Å². The fourth-order valence-corrected chi connectivity index (χ4v) is 4.03. The number of carbonyl (C=O) groups excluding carboxylic acids is 1. The first kappa shape index (κ1) is 16.1. The van der Waals surface area contributed by atoms with Crippen LogP contribution in [0.5, 0.6) is 0 Å². The van der Waals surface area contributed by atoms with Gasteiger partial charge in [-0.05, 0) is 36.2 Å². The van der Waals surface area contributed by atoms with Crippen LogP contribution in [0.2, 0.25) is 5.02 Å². The van der Waals surface area contributed by atoms with Gasteiger partial charge in [0.15, 0.2) is 5.78 Å². The number of benzene rings is 1. The molecule has 1 aromatic carbocycles. The number of anilines is 2. The number of fused-ring (bicyclic) bond motifs is 1. The standard InChI is InChI=1S/C19H16ClN5O2/c20-12-5-3-10(4-6-12)17-16-13(22-19-23-18(21)24-25(17)19)8-11(9-14(16)26)15-2-1-7-27-15/h1-7,11,17H,8-9H2,(H3,21,22,23,24)/t11-,17-/m0/s1. The van der Waals surface area contributed by atoms with Crippen LogP contribution in [0, 0.1) is 0 Å². The molecule has 2 aliphatic rings. The van der Waals surface area contributed by atoms with Crippen LogP contribution in [0.15, 0.2) is 58.3 Å². The molecule has 1 aliphatic heterocycles. The number of rotatable bonds is 2. The van der Waals surface area contributed by atoms with Crippen molar-refractivity contribution in [1.82, 2.24) is 14.8 Å². The van der Waals surface area contributed by atoms with Crippen LogP contribution in [-0.2, 0) is 4.79 Å². The van der Waals surface area contributed by atoms with E-state index in [1.165, 1.54) is 0 Å². The summed E-state index contributed by atoms with van der Waals surface area (Å²) in [5.74, 6) is 1.55. The van der Waals surface area contributed by atoms with Gasteiger partial charge in [-0.3, -0.25) is 4.79 Å². The summed E-state index contributed by atoms with van der Waals surface area (Å²) in [6, 6.07) is 10.8. The molecule has 136 valence electrons. The maximum absolute atomic E-state index is 13.1. The van der Waals surface area contributed by atoms with E-state index in [0.717, 1.165) is 17.0 Å². The molecule has 0 fully saturated rings. The number of hydrogen-bond donors (Lipinski definition) is 2. The van der Waals surface area contributed by atoms with Gasteiger partial charge >= 0.3 is 0 Å². The van der Waals surface area contributed by atoms with Crippen LogP contribution < -0.4 is 11.1 Å². The number of hydrogen-bond acceptors (Lipinski definition) is 6. The molecular formula is C19H16ClN5O2. The Labute approximate surface area is 159 Å². The van der Waals surface area contributed by atoms with Crippen LogP contribution >= 0.6 is 11.6 Å². The molecule has 0 amide bonds. The Morgan fingerprint density at radius 2 is 2.04 bits per heavy atom. The zero-order chi connectivity index (χ0) is 18.5. The topological polar surface area (TPSA) is 99.0 Å². The van der Waals surface area contributed by atoms with Gasteiger partial charge < -0.3 is 15.5 Å². The Morgan fingerprint density at radius 1 is 1.22 bits per heavy atom. The Bertz CT molecular complexity index is 1050. The average molecular weight is 382 g/mol. The first-order chi connectivity index (χ1) is 13.1. The van der Waals surface area contributed by atoms with Crippen molar-refractivity contribution in [3.05, 3.63) is 70.3 Å². The summed E-state index contributed by atoms with van der Waals surface area (Å²) >= 11 is 6.04. The Hall–Kier alpha value is -3.06. The number of halogens is 1. The summed E-state index contributed by atoms with van der Waals surface area (Å²) in [5, 5.41) is 8.19. The van der Waals surface area contributed by atoms with Gasteiger partial charge in [0.1, 0.15) is 11.8 Å². The van der Waals surface area contributed by atoms with E-state index in [1.54, 1.807) is 23.1 Å². The molecule has 0 spiro atoms. The molecule has 3 heterocycles. The summed E-state index contributed by atoms with van der Waals surface area (Å²) in [6.45, 7) is 0. The minimum atomic E-state index is -0.386. The SMILES string of the molecule is Nc1nc2n(n1)[C@@H](c1ccc(Cl)cc1)C1=C(C[C@H](c3ccco3)CC1=O)N2. The van der Waals surface area contributed by atoms with Crippen molar-refractivity contribution in [2.75, 3.05) is 11.1 Å². The number of aromatic nitrogens is 3. The molecule has 2 atom stereocenters. The number of nitrogens with one attached hydrogen (secondary N) is 1. The molecular weight excluding hydrogens is 366 g/mol. The molecule has 0 saturated heterocycles. The highest BCUT2D eigenvalue weighted by Crippen LogP contribution is 2.44. The predicted octanol–water partition coefficient (Wildman–Crippen LogP) is 3.52. The van der Waals surface area contributed by atoms with Crippen molar-refractivity contribution in [3.8, 4) is 0 Å². The monoisotopic (exact) mass is 381 g/mol. The van der Waals surface area contributed by atoms with Crippen LogP contribution in [0.1, 0.15) is 36.1 Å². The molecule has 1 aliphatic carbocycles. The van der Waals surface area contributed by atoms with Gasteiger partial charge in [-0.25, -0.2) is 4.68 Å². The minimum absolute atomic E-state index is 0.00330. The molecule has 0 saturated carbocycles. The molecule has 0 bridgehead atoms. The summed E-state index contributed by atoms with van der Waals surface area (Å²) in [6.07, 6.45) is 2.68. The zero-order valence-corrected chi connectivity index (χ0v) is 15.0. The highest BCUT2D eigenvalue weighted by molar-refractivity contribution is 6.30. The molecule has 0 unspecified atom stereocenters. The van der Waals surface area contributed by atoms with Crippen molar-refractivity contribution in [1.29, 1.82) is 0 Å². The lowest BCUT2D eigenvalue weighted by atomic mass is 9.79. The fourth-order valence-electron chi connectivity index (χ4n) is 3.91. The summed E-state index contributed by atoms with van der Waals surface area (Å²) in [7, 11) is 0. The third-order valence-electron chi connectivity index (χ3n) is 5.07. The minimum Gasteiger partial charge on any atom is -0.469 e. The third kappa shape index (κ3) is 2.62. The second kappa shape index (κ2) is 5.99. The van der Waals surface area contributed by atoms with E-state index in [2.05, 4.69) is 15.4 Å². The number of carbonyl (C=O) groups is 1. The lowest BCUT2D eigenvalue weighted by Crippen LogP contribution is -2.33. The number of furan rings is 1. The van der Waals surface area contributed by atoms with Crippen LogP contribution in [0.4, 0.5) is 11.9 Å². The van der Waals surface area contributed by atoms with Gasteiger partial charge in [0.05, 0.1) is 6.26 Å². The van der Waals surface area contributed by atoms with Gasteiger partial charge in [0.2, 0.25) is 11.9 Å².